The fourth-order valence-corrected chi connectivity index (χ4v) is 4.15. The molecule has 0 amide bonds. The van der Waals surface area contributed by atoms with E-state index in [1.165, 1.54) is 12.0 Å². The Hall–Kier alpha value is -3.09. The quantitative estimate of drug-likeness (QED) is 0.661. The third-order valence-corrected chi connectivity index (χ3v) is 5.71. The van der Waals surface area contributed by atoms with Crippen molar-refractivity contribution in [1.82, 2.24) is 19.8 Å². The number of aliphatic carboxylic acids is 1. The Labute approximate surface area is 177 Å². The number of anilines is 1. The molecule has 0 radical (unpaired) electrons. The largest absolute Gasteiger partial charge is 0.481 e. The van der Waals surface area contributed by atoms with Crippen LogP contribution in [0, 0.1) is 0 Å². The Kier molecular flexibility index (Phi) is 6.47. The molecule has 4 rings (SSSR count). The maximum atomic E-state index is 11.3. The van der Waals surface area contributed by atoms with Crippen LogP contribution in [0.3, 0.4) is 0 Å². The van der Waals surface area contributed by atoms with Crippen LogP contribution in [0.15, 0.2) is 49.1 Å². The van der Waals surface area contributed by atoms with Gasteiger partial charge in [-0.1, -0.05) is 12.1 Å². The van der Waals surface area contributed by atoms with Crippen LogP contribution in [0.4, 0.5) is 5.82 Å². The molecular weight excluding hydrogens is 378 g/mol. The third-order valence-electron chi connectivity index (χ3n) is 5.71. The number of nitrogens with zero attached hydrogens (tertiary/aromatic N) is 4. The number of hydrogen-bond acceptors (Lipinski definition) is 6. The molecule has 0 saturated carbocycles. The summed E-state index contributed by atoms with van der Waals surface area (Å²) >= 11 is 0. The number of aryl methyl sites for hydroxylation is 2. The van der Waals surface area contributed by atoms with E-state index in [2.05, 4.69) is 44.6 Å². The molecule has 7 nitrogen and oxygen atoms in total. The van der Waals surface area contributed by atoms with Gasteiger partial charge in [0, 0.05) is 56.0 Å². The number of carbonyl (C=O) groups is 1. The van der Waals surface area contributed by atoms with Crippen LogP contribution >= 0.6 is 0 Å². The molecule has 2 N–H and O–H groups in total. The van der Waals surface area contributed by atoms with E-state index >= 15 is 0 Å². The van der Waals surface area contributed by atoms with Crippen molar-refractivity contribution in [3.8, 4) is 0 Å². The van der Waals surface area contributed by atoms with Crippen molar-refractivity contribution in [1.29, 1.82) is 0 Å². The minimum absolute atomic E-state index is 0.0759. The highest BCUT2D eigenvalue weighted by molar-refractivity contribution is 5.68. The predicted octanol–water partition coefficient (Wildman–Crippen LogP) is 3.07. The normalized spacial score (nSPS) is 16.3. The zero-order valence-corrected chi connectivity index (χ0v) is 17.2. The van der Waals surface area contributed by atoms with Gasteiger partial charge in [0.2, 0.25) is 0 Å². The van der Waals surface area contributed by atoms with Crippen LogP contribution in [-0.4, -0.2) is 57.1 Å². The second kappa shape index (κ2) is 9.61. The van der Waals surface area contributed by atoms with Gasteiger partial charge in [0.1, 0.15) is 5.82 Å². The average molecular weight is 408 g/mol. The van der Waals surface area contributed by atoms with E-state index < -0.39 is 5.97 Å². The molecule has 1 unspecified atom stereocenters. The van der Waals surface area contributed by atoms with Gasteiger partial charge in [0.15, 0.2) is 0 Å². The second-order valence-corrected chi connectivity index (χ2v) is 8.05. The van der Waals surface area contributed by atoms with Gasteiger partial charge in [-0.3, -0.25) is 9.78 Å². The smallest absolute Gasteiger partial charge is 0.304 e. The van der Waals surface area contributed by atoms with E-state index in [1.807, 2.05) is 12.1 Å². The Morgan fingerprint density at radius 3 is 2.97 bits per heavy atom. The lowest BCUT2D eigenvalue weighted by atomic mass is 9.97. The summed E-state index contributed by atoms with van der Waals surface area (Å²) < 4.78 is 0. The minimum Gasteiger partial charge on any atom is -0.481 e. The van der Waals surface area contributed by atoms with E-state index in [4.69, 9.17) is 4.98 Å². The minimum atomic E-state index is -0.782. The van der Waals surface area contributed by atoms with Crippen molar-refractivity contribution in [2.24, 2.45) is 0 Å². The molecule has 2 aliphatic heterocycles. The first-order valence-electron chi connectivity index (χ1n) is 10.7. The van der Waals surface area contributed by atoms with Crippen molar-refractivity contribution in [3.05, 3.63) is 65.9 Å². The number of nitrogens with one attached hydrogen (secondary N) is 1. The molecule has 7 heteroatoms. The van der Waals surface area contributed by atoms with E-state index in [0.717, 1.165) is 56.1 Å². The summed E-state index contributed by atoms with van der Waals surface area (Å²) in [4.78, 5) is 24.7. The van der Waals surface area contributed by atoms with Gasteiger partial charge >= 0.3 is 5.97 Å². The van der Waals surface area contributed by atoms with Crippen molar-refractivity contribution in [2.45, 2.75) is 38.0 Å². The van der Waals surface area contributed by atoms with Crippen molar-refractivity contribution >= 4 is 11.8 Å². The first-order valence-corrected chi connectivity index (χ1v) is 10.7. The van der Waals surface area contributed by atoms with E-state index in [-0.39, 0.29) is 12.3 Å². The van der Waals surface area contributed by atoms with Crippen LogP contribution in [-0.2, 0) is 17.6 Å². The molecule has 30 heavy (non-hydrogen) atoms. The highest BCUT2D eigenvalue weighted by atomic mass is 16.4. The molecule has 1 atom stereocenters. The molecule has 4 heterocycles. The van der Waals surface area contributed by atoms with Crippen LogP contribution in [0.25, 0.3) is 0 Å². The Morgan fingerprint density at radius 2 is 2.13 bits per heavy atom. The van der Waals surface area contributed by atoms with Gasteiger partial charge in [-0.15, -0.1) is 0 Å². The molecule has 0 bridgehead atoms. The number of aromatic nitrogens is 2. The highest BCUT2D eigenvalue weighted by Gasteiger charge is 2.21. The van der Waals surface area contributed by atoms with Gasteiger partial charge in [-0.05, 0) is 48.9 Å². The van der Waals surface area contributed by atoms with Gasteiger partial charge in [-0.2, -0.15) is 0 Å². The van der Waals surface area contributed by atoms with Gasteiger partial charge in [-0.25, -0.2) is 4.98 Å². The van der Waals surface area contributed by atoms with Gasteiger partial charge in [0.05, 0.1) is 13.1 Å². The summed E-state index contributed by atoms with van der Waals surface area (Å²) in [5, 5.41) is 12.7. The first kappa shape index (κ1) is 20.2. The lowest BCUT2D eigenvalue weighted by Gasteiger charge is -2.25. The monoisotopic (exact) mass is 407 g/mol. The molecule has 158 valence electrons. The number of hydrogen-bond donors (Lipinski definition) is 2. The van der Waals surface area contributed by atoms with E-state index in [1.54, 1.807) is 12.4 Å². The fraction of sp³-hybridized carbons (Fsp3) is 0.435. The zero-order chi connectivity index (χ0) is 20.8. The number of carboxylic acids is 1. The fourth-order valence-electron chi connectivity index (χ4n) is 4.15. The lowest BCUT2D eigenvalue weighted by molar-refractivity contribution is -0.137. The molecule has 0 spiro atoms. The summed E-state index contributed by atoms with van der Waals surface area (Å²) in [6.07, 6.45) is 12.0. The predicted molar refractivity (Wildman–Crippen MR) is 116 cm³/mol. The van der Waals surface area contributed by atoms with Crippen LogP contribution in [0.2, 0.25) is 0 Å². The van der Waals surface area contributed by atoms with Crippen molar-refractivity contribution in [2.75, 3.05) is 31.6 Å². The molecule has 0 saturated heterocycles. The lowest BCUT2D eigenvalue weighted by Crippen LogP contribution is -2.30. The summed E-state index contributed by atoms with van der Waals surface area (Å²) in [5.41, 5.74) is 3.44. The maximum Gasteiger partial charge on any atom is 0.304 e. The summed E-state index contributed by atoms with van der Waals surface area (Å²) in [5.74, 6) is 0.204. The molecule has 2 aliphatic rings. The Morgan fingerprint density at radius 1 is 1.23 bits per heavy atom. The maximum absolute atomic E-state index is 11.3. The number of pyridine rings is 2. The molecule has 2 aromatic heterocycles. The zero-order valence-electron chi connectivity index (χ0n) is 17.2. The van der Waals surface area contributed by atoms with Crippen molar-refractivity contribution in [3.63, 3.8) is 0 Å². The first-order chi connectivity index (χ1) is 14.7. The van der Waals surface area contributed by atoms with Crippen LogP contribution in [0.5, 0.6) is 0 Å². The van der Waals surface area contributed by atoms with E-state index in [0.29, 0.717) is 6.54 Å². The summed E-state index contributed by atoms with van der Waals surface area (Å²) in [6, 6.07) is 8.18. The number of fused-ring (bicyclic) bond motifs is 1. The molecule has 0 aliphatic carbocycles. The molecular formula is C23H29N5O2. The molecule has 0 fully saturated rings. The van der Waals surface area contributed by atoms with Gasteiger partial charge in [0.25, 0.3) is 0 Å². The third kappa shape index (κ3) is 5.28. The van der Waals surface area contributed by atoms with E-state index in [9.17, 15) is 9.90 Å². The Bertz CT molecular complexity index is 886. The highest BCUT2D eigenvalue weighted by Crippen LogP contribution is 2.23. The topological polar surface area (TPSA) is 81.6 Å². The Balaban J connectivity index is 1.25. The summed E-state index contributed by atoms with van der Waals surface area (Å²) in [6.45, 7) is 3.42. The number of carboxylic acid groups (broad SMARTS) is 1. The van der Waals surface area contributed by atoms with Crippen molar-refractivity contribution < 1.29 is 9.90 Å². The average Bonchev–Trinajstić information content (AvgIpc) is 3.21. The van der Waals surface area contributed by atoms with Crippen LogP contribution < -0.4 is 5.32 Å². The van der Waals surface area contributed by atoms with Gasteiger partial charge < -0.3 is 20.2 Å². The standard InChI is InChI=1S/C23H29N5O2/c29-22(30)14-20(19-5-1-9-24-15-19)16-28-13-12-27(17-28)11-3-6-21-8-7-18-4-2-10-25-23(18)26-21/h1,5,7-9,12-13,15,20H,2-4,6,10-11,14,16-17H2,(H,25,26)(H,29,30). The SMILES string of the molecule is O=C(O)CC(CN1C=CN(CCCc2ccc3c(n2)NCCC3)C1)c1cccnc1. The number of rotatable bonds is 9. The molecule has 0 aromatic carbocycles. The van der Waals surface area contributed by atoms with Crippen LogP contribution in [0.1, 0.15) is 42.0 Å². The summed E-state index contributed by atoms with van der Waals surface area (Å²) in [7, 11) is 0. The second-order valence-electron chi connectivity index (χ2n) is 8.05. The molecule has 2 aromatic rings.